The number of aryl methyl sites for hydroxylation is 1. The summed E-state index contributed by atoms with van der Waals surface area (Å²) in [5, 5.41) is 12.4. The Morgan fingerprint density at radius 1 is 1.35 bits per heavy atom. The van der Waals surface area contributed by atoms with E-state index in [1.165, 1.54) is 19.2 Å². The maximum absolute atomic E-state index is 13.0. The highest BCUT2D eigenvalue weighted by atomic mass is 35.5. The fourth-order valence-electron chi connectivity index (χ4n) is 1.80. The zero-order valence-corrected chi connectivity index (χ0v) is 10.8. The summed E-state index contributed by atoms with van der Waals surface area (Å²) in [5.74, 6) is -1.31. The molecule has 4 nitrogen and oxygen atoms in total. The molecule has 0 spiro atoms. The van der Waals surface area contributed by atoms with E-state index in [1.807, 2.05) is 0 Å². The molecule has 1 aromatic carbocycles. The van der Waals surface area contributed by atoms with E-state index in [0.717, 1.165) is 16.8 Å². The minimum atomic E-state index is -4.60. The van der Waals surface area contributed by atoms with Crippen molar-refractivity contribution in [2.24, 2.45) is 7.05 Å². The fourth-order valence-corrected chi connectivity index (χ4v) is 1.97. The van der Waals surface area contributed by atoms with Crippen LogP contribution in [0.5, 0.6) is 0 Å². The highest BCUT2D eigenvalue weighted by molar-refractivity contribution is 6.30. The number of rotatable bonds is 2. The summed E-state index contributed by atoms with van der Waals surface area (Å²) in [6.07, 6.45) is -4.60. The third-order valence-corrected chi connectivity index (χ3v) is 2.90. The maximum atomic E-state index is 13.0. The van der Waals surface area contributed by atoms with Gasteiger partial charge in [-0.2, -0.15) is 18.3 Å². The second-order valence-corrected chi connectivity index (χ2v) is 4.47. The summed E-state index contributed by atoms with van der Waals surface area (Å²) >= 11 is 5.59. The Kier molecular flexibility index (Phi) is 3.47. The number of nitrogens with zero attached hydrogens (tertiary/aromatic N) is 2. The molecule has 1 heterocycles. The first-order valence-corrected chi connectivity index (χ1v) is 5.72. The summed E-state index contributed by atoms with van der Waals surface area (Å²) in [6, 6.07) is 4.37. The Balaban J connectivity index is 2.67. The van der Waals surface area contributed by atoms with Crippen molar-refractivity contribution in [2.75, 3.05) is 0 Å². The number of aromatic nitrogens is 2. The summed E-state index contributed by atoms with van der Waals surface area (Å²) < 4.78 is 40.1. The highest BCUT2D eigenvalue weighted by Crippen LogP contribution is 2.38. The molecule has 0 saturated heterocycles. The van der Waals surface area contributed by atoms with Gasteiger partial charge in [0.15, 0.2) is 5.69 Å². The average Bonchev–Trinajstić information content (AvgIpc) is 2.70. The average molecular weight is 305 g/mol. The molecule has 0 bridgehead atoms. The zero-order valence-electron chi connectivity index (χ0n) is 10.1. The molecule has 0 aliphatic carbocycles. The molecule has 0 atom stereocenters. The Labute approximate surface area is 116 Å². The summed E-state index contributed by atoms with van der Waals surface area (Å²) in [6.45, 7) is 0. The first kappa shape index (κ1) is 14.4. The molecule has 0 aliphatic rings. The molecule has 106 valence electrons. The topological polar surface area (TPSA) is 55.1 Å². The van der Waals surface area contributed by atoms with Gasteiger partial charge in [-0.25, -0.2) is 4.79 Å². The van der Waals surface area contributed by atoms with Crippen molar-refractivity contribution in [1.82, 2.24) is 9.78 Å². The number of benzene rings is 1. The molecule has 0 aliphatic heterocycles. The van der Waals surface area contributed by atoms with Gasteiger partial charge in [0.25, 0.3) is 0 Å². The summed E-state index contributed by atoms with van der Waals surface area (Å²) in [4.78, 5) is 10.8. The molecule has 20 heavy (non-hydrogen) atoms. The molecule has 2 aromatic rings. The van der Waals surface area contributed by atoms with Crippen LogP contribution in [0.4, 0.5) is 13.2 Å². The van der Waals surface area contributed by atoms with Gasteiger partial charge in [-0.1, -0.05) is 17.7 Å². The molecular weight excluding hydrogens is 297 g/mol. The predicted octanol–water partition coefficient (Wildman–Crippen LogP) is 3.46. The van der Waals surface area contributed by atoms with Crippen molar-refractivity contribution in [1.29, 1.82) is 0 Å². The van der Waals surface area contributed by atoms with Crippen LogP contribution in [0, 0.1) is 0 Å². The number of hydrogen-bond acceptors (Lipinski definition) is 2. The van der Waals surface area contributed by atoms with E-state index in [0.29, 0.717) is 0 Å². The molecule has 0 radical (unpaired) electrons. The van der Waals surface area contributed by atoms with E-state index >= 15 is 0 Å². The van der Waals surface area contributed by atoms with Crippen LogP contribution in [-0.4, -0.2) is 20.9 Å². The lowest BCUT2D eigenvalue weighted by Gasteiger charge is -2.13. The molecular formula is C12H8ClF3N2O2. The van der Waals surface area contributed by atoms with Gasteiger partial charge >= 0.3 is 12.1 Å². The molecule has 1 N–H and O–H groups in total. The summed E-state index contributed by atoms with van der Waals surface area (Å²) in [5.41, 5.74) is -1.40. The third kappa shape index (κ3) is 2.62. The van der Waals surface area contributed by atoms with Gasteiger partial charge in [-0.3, -0.25) is 4.68 Å². The number of halogens is 4. The van der Waals surface area contributed by atoms with E-state index < -0.39 is 17.7 Å². The molecule has 0 fully saturated rings. The number of aromatic carboxylic acids is 1. The second kappa shape index (κ2) is 4.82. The van der Waals surface area contributed by atoms with E-state index in [9.17, 15) is 18.0 Å². The van der Waals surface area contributed by atoms with E-state index in [2.05, 4.69) is 5.10 Å². The van der Waals surface area contributed by atoms with Crippen LogP contribution in [-0.2, 0) is 13.2 Å². The van der Waals surface area contributed by atoms with Crippen LogP contribution in [0.15, 0.2) is 24.3 Å². The van der Waals surface area contributed by atoms with Gasteiger partial charge in [-0.05, 0) is 18.2 Å². The van der Waals surface area contributed by atoms with Crippen LogP contribution >= 0.6 is 11.6 Å². The van der Waals surface area contributed by atoms with Crippen molar-refractivity contribution >= 4 is 17.6 Å². The molecule has 0 saturated carbocycles. The van der Waals surface area contributed by atoms with Crippen molar-refractivity contribution < 1.29 is 23.1 Å². The lowest BCUT2D eigenvalue weighted by atomic mass is 10.0. The van der Waals surface area contributed by atoms with Crippen molar-refractivity contribution in [3.63, 3.8) is 0 Å². The quantitative estimate of drug-likeness (QED) is 0.924. The highest BCUT2D eigenvalue weighted by Gasteiger charge is 2.34. The van der Waals surface area contributed by atoms with Crippen molar-refractivity contribution in [3.05, 3.63) is 40.5 Å². The number of alkyl halides is 3. The van der Waals surface area contributed by atoms with E-state index in [1.54, 1.807) is 0 Å². The number of carboxylic acids is 1. The fraction of sp³-hybridized carbons (Fsp3) is 0.167. The number of carbonyl (C=O) groups is 1. The van der Waals surface area contributed by atoms with Crippen molar-refractivity contribution in [2.45, 2.75) is 6.18 Å². The van der Waals surface area contributed by atoms with Crippen LogP contribution in [0.25, 0.3) is 11.3 Å². The van der Waals surface area contributed by atoms with Crippen LogP contribution in [0.3, 0.4) is 0 Å². The van der Waals surface area contributed by atoms with Crippen LogP contribution < -0.4 is 0 Å². The van der Waals surface area contributed by atoms with Gasteiger partial charge in [-0.15, -0.1) is 0 Å². The van der Waals surface area contributed by atoms with Crippen molar-refractivity contribution in [3.8, 4) is 11.3 Å². The molecule has 0 amide bonds. The number of hydrogen-bond donors (Lipinski definition) is 1. The van der Waals surface area contributed by atoms with Crippen LogP contribution in [0.1, 0.15) is 16.1 Å². The molecule has 8 heteroatoms. The van der Waals surface area contributed by atoms with Crippen LogP contribution in [0.2, 0.25) is 5.02 Å². The normalized spacial score (nSPS) is 11.7. The Hall–Kier alpha value is -2.02. The third-order valence-electron chi connectivity index (χ3n) is 2.66. The molecule has 0 unspecified atom stereocenters. The standard InChI is InChI=1S/C12H8ClF3N2O2/c1-18-10(5-9(17-18)11(19)20)7-3-2-6(13)4-8(7)12(14,15)16/h2-5H,1H3,(H,19,20). The second-order valence-electron chi connectivity index (χ2n) is 4.03. The summed E-state index contributed by atoms with van der Waals surface area (Å²) in [7, 11) is 1.37. The first-order valence-electron chi connectivity index (χ1n) is 5.34. The monoisotopic (exact) mass is 304 g/mol. The smallest absolute Gasteiger partial charge is 0.417 e. The van der Waals surface area contributed by atoms with Gasteiger partial charge in [0, 0.05) is 17.6 Å². The Morgan fingerprint density at radius 3 is 2.50 bits per heavy atom. The van der Waals surface area contributed by atoms with Gasteiger partial charge in [0.2, 0.25) is 0 Å². The molecule has 2 rings (SSSR count). The Morgan fingerprint density at radius 2 is 2.00 bits per heavy atom. The van der Waals surface area contributed by atoms with Gasteiger partial charge < -0.3 is 5.11 Å². The molecule has 1 aromatic heterocycles. The Bertz CT molecular complexity index is 680. The lowest BCUT2D eigenvalue weighted by molar-refractivity contribution is -0.137. The van der Waals surface area contributed by atoms with Gasteiger partial charge in [0.05, 0.1) is 11.3 Å². The first-order chi connectivity index (χ1) is 9.20. The minimum Gasteiger partial charge on any atom is -0.476 e. The number of carboxylic acid groups (broad SMARTS) is 1. The minimum absolute atomic E-state index is 0.0476. The lowest BCUT2D eigenvalue weighted by Crippen LogP contribution is -2.08. The SMILES string of the molecule is Cn1nc(C(=O)O)cc1-c1ccc(Cl)cc1C(F)(F)F. The zero-order chi connectivity index (χ0) is 15.1. The maximum Gasteiger partial charge on any atom is 0.417 e. The van der Waals surface area contributed by atoms with E-state index in [4.69, 9.17) is 16.7 Å². The van der Waals surface area contributed by atoms with Gasteiger partial charge in [0.1, 0.15) is 0 Å². The largest absolute Gasteiger partial charge is 0.476 e. The predicted molar refractivity (Wildman–Crippen MR) is 65.6 cm³/mol. The van der Waals surface area contributed by atoms with E-state index in [-0.39, 0.29) is 22.0 Å².